The zero-order valence-electron chi connectivity index (χ0n) is 10.4. The van der Waals surface area contributed by atoms with Crippen LogP contribution in [0.1, 0.15) is 16.7 Å². The fraction of sp³-hybridized carbons (Fsp3) is 0.200. The molecule has 0 atom stereocenters. The fourth-order valence-electron chi connectivity index (χ4n) is 1.72. The number of benzene rings is 2. The summed E-state index contributed by atoms with van der Waals surface area (Å²) in [7, 11) is 0. The molecule has 0 bridgehead atoms. The summed E-state index contributed by atoms with van der Waals surface area (Å²) in [5.74, 6) is 0.228. The lowest BCUT2D eigenvalue weighted by molar-refractivity contribution is 0.274. The lowest BCUT2D eigenvalue weighted by Crippen LogP contribution is -1.96. The Hall–Kier alpha value is -1.87. The summed E-state index contributed by atoms with van der Waals surface area (Å²) in [4.78, 5) is 0. The van der Waals surface area contributed by atoms with E-state index < -0.39 is 5.82 Å². The largest absolute Gasteiger partial charge is 0.454 e. The predicted octanol–water partition coefficient (Wildman–Crippen LogP) is 3.73. The maximum absolute atomic E-state index is 13.7. The second kappa shape index (κ2) is 5.19. The molecule has 0 saturated heterocycles. The molecule has 0 radical (unpaired) electrons. The number of aliphatic hydroxyl groups is 1. The van der Waals surface area contributed by atoms with Gasteiger partial charge >= 0.3 is 0 Å². The average molecular weight is 246 g/mol. The first-order valence-corrected chi connectivity index (χ1v) is 5.75. The molecule has 0 aromatic heterocycles. The normalized spacial score (nSPS) is 10.4. The molecule has 0 fully saturated rings. The van der Waals surface area contributed by atoms with E-state index in [1.165, 1.54) is 6.07 Å². The van der Waals surface area contributed by atoms with Gasteiger partial charge in [0.1, 0.15) is 5.75 Å². The quantitative estimate of drug-likeness (QED) is 0.894. The van der Waals surface area contributed by atoms with E-state index in [1.54, 1.807) is 12.1 Å². The summed E-state index contributed by atoms with van der Waals surface area (Å²) in [6.07, 6.45) is 0. The molecule has 0 amide bonds. The summed E-state index contributed by atoms with van der Waals surface area (Å²) >= 11 is 0. The molecular formula is C15H15FO2. The Kier molecular flexibility index (Phi) is 3.63. The van der Waals surface area contributed by atoms with E-state index in [9.17, 15) is 9.50 Å². The van der Waals surface area contributed by atoms with Gasteiger partial charge < -0.3 is 9.84 Å². The van der Waals surface area contributed by atoms with Crippen molar-refractivity contribution in [1.82, 2.24) is 0 Å². The molecule has 2 nitrogen and oxygen atoms in total. The first-order chi connectivity index (χ1) is 8.61. The van der Waals surface area contributed by atoms with Crippen molar-refractivity contribution in [3.63, 3.8) is 0 Å². The number of para-hydroxylation sites is 1. The van der Waals surface area contributed by atoms with E-state index in [0.717, 1.165) is 11.1 Å². The number of aryl methyl sites for hydroxylation is 2. The van der Waals surface area contributed by atoms with E-state index in [-0.39, 0.29) is 12.4 Å². The molecule has 0 aliphatic heterocycles. The molecule has 0 spiro atoms. The van der Waals surface area contributed by atoms with Gasteiger partial charge in [-0.05, 0) is 37.1 Å². The van der Waals surface area contributed by atoms with Crippen molar-refractivity contribution in [3.8, 4) is 11.5 Å². The van der Waals surface area contributed by atoms with Crippen LogP contribution >= 0.6 is 0 Å². The maximum Gasteiger partial charge on any atom is 0.168 e. The van der Waals surface area contributed by atoms with Crippen LogP contribution in [-0.4, -0.2) is 5.11 Å². The van der Waals surface area contributed by atoms with Gasteiger partial charge in [0.15, 0.2) is 11.6 Å². The zero-order chi connectivity index (χ0) is 13.1. The lowest BCUT2D eigenvalue weighted by Gasteiger charge is -2.13. The molecule has 18 heavy (non-hydrogen) atoms. The van der Waals surface area contributed by atoms with Gasteiger partial charge in [-0.2, -0.15) is 0 Å². The molecule has 0 aliphatic rings. The molecule has 0 saturated carbocycles. The number of halogens is 1. The highest BCUT2D eigenvalue weighted by Crippen LogP contribution is 2.31. The highest BCUT2D eigenvalue weighted by atomic mass is 19.1. The minimum Gasteiger partial charge on any atom is -0.454 e. The molecular weight excluding hydrogens is 231 g/mol. The Bertz CT molecular complexity index is 564. The lowest BCUT2D eigenvalue weighted by atomic mass is 10.1. The Morgan fingerprint density at radius 1 is 1.17 bits per heavy atom. The van der Waals surface area contributed by atoms with E-state index in [2.05, 4.69) is 0 Å². The van der Waals surface area contributed by atoms with E-state index in [0.29, 0.717) is 11.3 Å². The Balaban J connectivity index is 2.42. The van der Waals surface area contributed by atoms with Gasteiger partial charge in [-0.1, -0.05) is 24.3 Å². The van der Waals surface area contributed by atoms with Crippen LogP contribution in [0.2, 0.25) is 0 Å². The van der Waals surface area contributed by atoms with Gasteiger partial charge in [0.2, 0.25) is 0 Å². The molecule has 1 N–H and O–H groups in total. The van der Waals surface area contributed by atoms with Gasteiger partial charge in [0.25, 0.3) is 0 Å². The summed E-state index contributed by atoms with van der Waals surface area (Å²) in [5, 5.41) is 9.20. The van der Waals surface area contributed by atoms with Crippen LogP contribution in [0.15, 0.2) is 36.4 Å². The Morgan fingerprint density at radius 3 is 2.67 bits per heavy atom. The summed E-state index contributed by atoms with van der Waals surface area (Å²) in [6.45, 7) is 3.59. The van der Waals surface area contributed by atoms with Crippen molar-refractivity contribution < 1.29 is 14.2 Å². The SMILES string of the molecule is Cc1ccc(C)c(Oc2c(F)cccc2CO)c1. The average Bonchev–Trinajstić information content (AvgIpc) is 2.36. The number of hydrogen-bond acceptors (Lipinski definition) is 2. The summed E-state index contributed by atoms with van der Waals surface area (Å²) in [5.41, 5.74) is 2.40. The van der Waals surface area contributed by atoms with Gasteiger partial charge in [-0.15, -0.1) is 0 Å². The molecule has 0 aliphatic carbocycles. The van der Waals surface area contributed by atoms with Crippen LogP contribution in [0.5, 0.6) is 11.5 Å². The third kappa shape index (κ3) is 2.51. The van der Waals surface area contributed by atoms with Crippen LogP contribution in [0, 0.1) is 19.7 Å². The fourth-order valence-corrected chi connectivity index (χ4v) is 1.72. The molecule has 2 aromatic carbocycles. The number of ether oxygens (including phenoxy) is 1. The van der Waals surface area contributed by atoms with Gasteiger partial charge in [-0.3, -0.25) is 0 Å². The summed E-state index contributed by atoms with van der Waals surface area (Å²) in [6, 6.07) is 10.3. The van der Waals surface area contributed by atoms with Crippen LogP contribution in [0.25, 0.3) is 0 Å². The van der Waals surface area contributed by atoms with E-state index in [1.807, 2.05) is 32.0 Å². The van der Waals surface area contributed by atoms with Crippen molar-refractivity contribution in [3.05, 3.63) is 58.9 Å². The van der Waals surface area contributed by atoms with Gasteiger partial charge in [0.05, 0.1) is 6.61 Å². The molecule has 94 valence electrons. The highest BCUT2D eigenvalue weighted by Gasteiger charge is 2.11. The van der Waals surface area contributed by atoms with E-state index in [4.69, 9.17) is 4.74 Å². The monoisotopic (exact) mass is 246 g/mol. The molecule has 0 heterocycles. The number of hydrogen-bond donors (Lipinski definition) is 1. The molecule has 0 unspecified atom stereocenters. The Morgan fingerprint density at radius 2 is 1.94 bits per heavy atom. The molecule has 3 heteroatoms. The first-order valence-electron chi connectivity index (χ1n) is 5.75. The molecule has 2 aromatic rings. The third-order valence-electron chi connectivity index (χ3n) is 2.77. The minimum atomic E-state index is -0.470. The van der Waals surface area contributed by atoms with Crippen molar-refractivity contribution in [1.29, 1.82) is 0 Å². The van der Waals surface area contributed by atoms with Crippen molar-refractivity contribution in [2.75, 3.05) is 0 Å². The standard InChI is InChI=1S/C15H15FO2/c1-10-6-7-11(2)14(8-10)18-15-12(9-17)4-3-5-13(15)16/h3-8,17H,9H2,1-2H3. The highest BCUT2D eigenvalue weighted by molar-refractivity contribution is 5.43. The first kappa shape index (κ1) is 12.6. The second-order valence-corrected chi connectivity index (χ2v) is 4.26. The van der Waals surface area contributed by atoms with Crippen molar-refractivity contribution >= 4 is 0 Å². The van der Waals surface area contributed by atoms with Crippen molar-refractivity contribution in [2.24, 2.45) is 0 Å². The van der Waals surface area contributed by atoms with Crippen LogP contribution in [-0.2, 0) is 6.61 Å². The summed E-state index contributed by atoms with van der Waals surface area (Å²) < 4.78 is 19.3. The number of aliphatic hydroxyl groups excluding tert-OH is 1. The van der Waals surface area contributed by atoms with Crippen LogP contribution in [0.4, 0.5) is 4.39 Å². The van der Waals surface area contributed by atoms with E-state index >= 15 is 0 Å². The van der Waals surface area contributed by atoms with Crippen LogP contribution in [0.3, 0.4) is 0 Å². The maximum atomic E-state index is 13.7. The predicted molar refractivity (Wildman–Crippen MR) is 68.3 cm³/mol. The minimum absolute atomic E-state index is 0.0914. The van der Waals surface area contributed by atoms with Gasteiger partial charge in [-0.25, -0.2) is 4.39 Å². The smallest absolute Gasteiger partial charge is 0.168 e. The topological polar surface area (TPSA) is 29.5 Å². The molecule has 2 rings (SSSR count). The zero-order valence-corrected chi connectivity index (χ0v) is 10.4. The number of rotatable bonds is 3. The van der Waals surface area contributed by atoms with Gasteiger partial charge in [0, 0.05) is 5.56 Å². The Labute approximate surface area is 106 Å². The van der Waals surface area contributed by atoms with Crippen molar-refractivity contribution in [2.45, 2.75) is 20.5 Å². The second-order valence-electron chi connectivity index (χ2n) is 4.26. The third-order valence-corrected chi connectivity index (χ3v) is 2.77. The van der Waals surface area contributed by atoms with Crippen LogP contribution < -0.4 is 4.74 Å².